The number of aromatic nitrogens is 1. The van der Waals surface area contributed by atoms with E-state index in [0.29, 0.717) is 12.1 Å². The minimum Gasteiger partial charge on any atom is -0.391 e. The third-order valence-corrected chi connectivity index (χ3v) is 5.38. The van der Waals surface area contributed by atoms with E-state index in [1.165, 1.54) is 24.3 Å². The Balaban J connectivity index is 1.56. The first-order valence-corrected chi connectivity index (χ1v) is 10.1. The van der Waals surface area contributed by atoms with Crippen LogP contribution in [0, 0.1) is 27.2 Å². The summed E-state index contributed by atoms with van der Waals surface area (Å²) in [4.78, 5) is 26.4. The topological polar surface area (TPSA) is 113 Å². The van der Waals surface area contributed by atoms with Crippen molar-refractivity contribution >= 4 is 28.5 Å². The monoisotopic (exact) mass is 444 g/mol. The van der Waals surface area contributed by atoms with Gasteiger partial charge in [0.25, 0.3) is 11.4 Å². The molecule has 0 atom stereocenters. The van der Waals surface area contributed by atoms with E-state index in [4.69, 9.17) is 4.84 Å². The molecule has 0 radical (unpaired) electrons. The minimum absolute atomic E-state index is 0.00485. The van der Waals surface area contributed by atoms with Crippen molar-refractivity contribution in [3.8, 4) is 0 Å². The normalized spacial score (nSPS) is 11.2. The number of hydrogen-bond donors (Lipinski definition) is 0. The van der Waals surface area contributed by atoms with Gasteiger partial charge in [0, 0.05) is 53.0 Å². The average molecular weight is 444 g/mol. The van der Waals surface area contributed by atoms with Gasteiger partial charge in [-0.3, -0.25) is 20.2 Å². The highest BCUT2D eigenvalue weighted by molar-refractivity contribution is 6.01. The molecule has 33 heavy (non-hydrogen) atoms. The van der Waals surface area contributed by atoms with Gasteiger partial charge in [-0.15, -0.1) is 0 Å². The molecule has 0 aliphatic carbocycles. The fourth-order valence-corrected chi connectivity index (χ4v) is 3.69. The molecule has 0 aliphatic heterocycles. The molecule has 0 saturated heterocycles. The second-order valence-corrected chi connectivity index (χ2v) is 7.46. The van der Waals surface area contributed by atoms with Crippen molar-refractivity contribution in [2.45, 2.75) is 20.1 Å². The first kappa shape index (κ1) is 21.7. The van der Waals surface area contributed by atoms with Crippen LogP contribution < -0.4 is 0 Å². The van der Waals surface area contributed by atoms with Gasteiger partial charge in [-0.25, -0.2) is 0 Å². The van der Waals surface area contributed by atoms with Crippen molar-refractivity contribution in [2.75, 3.05) is 0 Å². The third-order valence-electron chi connectivity index (χ3n) is 5.38. The molecule has 0 bridgehead atoms. The molecule has 0 N–H and O–H groups in total. The van der Waals surface area contributed by atoms with Gasteiger partial charge in [0.15, 0.2) is 0 Å². The summed E-state index contributed by atoms with van der Waals surface area (Å²) < 4.78 is 2.12. The molecular weight excluding hydrogens is 424 g/mol. The van der Waals surface area contributed by atoms with Crippen LogP contribution in [0.4, 0.5) is 11.4 Å². The number of nitro groups is 2. The molecule has 0 spiro atoms. The second kappa shape index (κ2) is 9.31. The second-order valence-electron chi connectivity index (χ2n) is 7.46. The van der Waals surface area contributed by atoms with Crippen LogP contribution in [0.2, 0.25) is 0 Å². The van der Waals surface area contributed by atoms with Crippen LogP contribution in [0.3, 0.4) is 0 Å². The summed E-state index contributed by atoms with van der Waals surface area (Å²) >= 11 is 0. The number of fused-ring (bicyclic) bond motifs is 1. The van der Waals surface area contributed by atoms with E-state index in [-0.39, 0.29) is 18.0 Å². The predicted octanol–water partition coefficient (Wildman–Crippen LogP) is 5.37. The van der Waals surface area contributed by atoms with Crippen molar-refractivity contribution in [1.29, 1.82) is 0 Å². The molecule has 9 heteroatoms. The van der Waals surface area contributed by atoms with Crippen molar-refractivity contribution in [3.63, 3.8) is 0 Å². The van der Waals surface area contributed by atoms with Crippen LogP contribution >= 0.6 is 0 Å². The molecule has 0 amide bonds. The molecule has 0 aliphatic rings. The smallest absolute Gasteiger partial charge is 0.269 e. The summed E-state index contributed by atoms with van der Waals surface area (Å²) in [6, 6.07) is 20.6. The van der Waals surface area contributed by atoms with E-state index in [2.05, 4.69) is 9.72 Å². The van der Waals surface area contributed by atoms with Crippen LogP contribution in [-0.4, -0.2) is 20.6 Å². The highest BCUT2D eigenvalue weighted by Crippen LogP contribution is 2.26. The standard InChI is InChI=1S/C24H20N4O5/c1-17-23(14-25-33-16-19-5-4-6-21(13-19)28(31)32)22-7-2-3-8-24(22)26(17)15-18-9-11-20(12-10-18)27(29)30/h2-14H,15-16H2,1H3/b25-14-. The molecule has 4 aromatic rings. The van der Waals surface area contributed by atoms with Crippen LogP contribution in [0.5, 0.6) is 0 Å². The zero-order chi connectivity index (χ0) is 23.4. The van der Waals surface area contributed by atoms with Crippen LogP contribution in [0.15, 0.2) is 78.0 Å². The first-order valence-electron chi connectivity index (χ1n) is 10.1. The molecule has 3 aromatic carbocycles. The Hall–Kier alpha value is -4.53. The Morgan fingerprint density at radius 3 is 2.36 bits per heavy atom. The van der Waals surface area contributed by atoms with E-state index in [0.717, 1.165) is 27.7 Å². The van der Waals surface area contributed by atoms with Gasteiger partial charge in [-0.05, 0) is 24.1 Å². The minimum atomic E-state index is -0.448. The van der Waals surface area contributed by atoms with Gasteiger partial charge in [0.1, 0.15) is 6.61 Å². The molecular formula is C24H20N4O5. The maximum Gasteiger partial charge on any atom is 0.269 e. The molecule has 166 valence electrons. The van der Waals surface area contributed by atoms with Gasteiger partial charge in [-0.1, -0.05) is 47.6 Å². The molecule has 0 saturated carbocycles. The van der Waals surface area contributed by atoms with E-state index < -0.39 is 9.85 Å². The van der Waals surface area contributed by atoms with Gasteiger partial charge in [-0.2, -0.15) is 0 Å². The van der Waals surface area contributed by atoms with Crippen LogP contribution in [0.25, 0.3) is 10.9 Å². The maximum atomic E-state index is 10.9. The van der Waals surface area contributed by atoms with E-state index in [1.807, 2.05) is 31.2 Å². The summed E-state index contributed by atoms with van der Waals surface area (Å²) in [6.45, 7) is 2.64. The van der Waals surface area contributed by atoms with Gasteiger partial charge in [0.2, 0.25) is 0 Å². The van der Waals surface area contributed by atoms with Gasteiger partial charge >= 0.3 is 0 Å². The number of rotatable bonds is 8. The summed E-state index contributed by atoms with van der Waals surface area (Å²) in [5.41, 5.74) is 4.53. The van der Waals surface area contributed by atoms with E-state index in [9.17, 15) is 20.2 Å². The lowest BCUT2D eigenvalue weighted by molar-refractivity contribution is -0.385. The summed E-state index contributed by atoms with van der Waals surface area (Å²) in [6.07, 6.45) is 1.64. The number of nitro benzene ring substituents is 2. The number of para-hydroxylation sites is 1. The van der Waals surface area contributed by atoms with E-state index >= 15 is 0 Å². The Kier molecular flexibility index (Phi) is 6.12. The lowest BCUT2D eigenvalue weighted by Gasteiger charge is -2.08. The quantitative estimate of drug-likeness (QED) is 0.206. The highest BCUT2D eigenvalue weighted by Gasteiger charge is 2.14. The summed E-state index contributed by atoms with van der Waals surface area (Å²) in [5.74, 6) is 0. The highest BCUT2D eigenvalue weighted by atomic mass is 16.6. The Labute approximate surface area is 188 Å². The molecule has 0 fully saturated rings. The van der Waals surface area contributed by atoms with Crippen molar-refractivity contribution in [3.05, 3.63) is 115 Å². The van der Waals surface area contributed by atoms with Crippen molar-refractivity contribution in [2.24, 2.45) is 5.16 Å². The lowest BCUT2D eigenvalue weighted by Crippen LogP contribution is -2.02. The van der Waals surface area contributed by atoms with Crippen LogP contribution in [0.1, 0.15) is 22.4 Å². The fraction of sp³-hybridized carbons (Fsp3) is 0.125. The number of hydrogen-bond acceptors (Lipinski definition) is 6. The largest absolute Gasteiger partial charge is 0.391 e. The van der Waals surface area contributed by atoms with E-state index in [1.54, 1.807) is 30.5 Å². The molecule has 0 unspecified atom stereocenters. The van der Waals surface area contributed by atoms with Gasteiger partial charge in [0.05, 0.1) is 16.1 Å². The Morgan fingerprint density at radius 2 is 1.64 bits per heavy atom. The Morgan fingerprint density at radius 1 is 0.909 bits per heavy atom. The molecule has 1 heterocycles. The fourth-order valence-electron chi connectivity index (χ4n) is 3.69. The first-order chi connectivity index (χ1) is 15.9. The lowest BCUT2D eigenvalue weighted by atomic mass is 10.1. The number of benzene rings is 3. The van der Waals surface area contributed by atoms with Crippen LogP contribution in [-0.2, 0) is 18.0 Å². The summed E-state index contributed by atoms with van der Waals surface area (Å²) in [5, 5.41) is 26.9. The Bertz CT molecular complexity index is 1360. The van der Waals surface area contributed by atoms with Crippen molar-refractivity contribution in [1.82, 2.24) is 4.57 Å². The summed E-state index contributed by atoms with van der Waals surface area (Å²) in [7, 11) is 0. The maximum absolute atomic E-state index is 10.9. The zero-order valence-electron chi connectivity index (χ0n) is 17.7. The molecule has 1 aromatic heterocycles. The predicted molar refractivity (Wildman–Crippen MR) is 124 cm³/mol. The molecule has 9 nitrogen and oxygen atoms in total. The zero-order valence-corrected chi connectivity index (χ0v) is 17.7. The number of nitrogens with zero attached hydrogens (tertiary/aromatic N) is 4. The van der Waals surface area contributed by atoms with Crippen molar-refractivity contribution < 1.29 is 14.7 Å². The average Bonchev–Trinajstić information content (AvgIpc) is 3.08. The molecule has 4 rings (SSSR count). The SMILES string of the molecule is Cc1c(/C=N\OCc2cccc([N+](=O)[O-])c2)c2ccccc2n1Cc1ccc([N+](=O)[O-])cc1. The van der Waals surface area contributed by atoms with Gasteiger partial charge < -0.3 is 9.40 Å². The number of non-ortho nitro benzene ring substituents is 2. The number of oxime groups is 1. The third kappa shape index (κ3) is 4.72.